The van der Waals surface area contributed by atoms with Crippen LogP contribution >= 0.6 is 0 Å². The number of fused-ring (bicyclic) bond motifs is 1. The summed E-state index contributed by atoms with van der Waals surface area (Å²) in [6, 6.07) is 9.40. The molecule has 0 amide bonds. The summed E-state index contributed by atoms with van der Waals surface area (Å²) in [5.74, 6) is -5.23. The Labute approximate surface area is 338 Å². The number of benzene rings is 2. The van der Waals surface area contributed by atoms with Gasteiger partial charge in [0.15, 0.2) is 11.5 Å². The van der Waals surface area contributed by atoms with E-state index in [0.29, 0.717) is 11.1 Å². The van der Waals surface area contributed by atoms with Crippen molar-refractivity contribution < 1.29 is 104 Å². The van der Waals surface area contributed by atoms with Crippen LogP contribution in [0.3, 0.4) is 0 Å². The molecule has 3 aliphatic heterocycles. The number of phenols is 3. The molecule has 1 unspecified atom stereocenters. The van der Waals surface area contributed by atoms with Gasteiger partial charge in [0, 0.05) is 18.2 Å². The van der Waals surface area contributed by atoms with Crippen LogP contribution in [0.25, 0.3) is 11.8 Å². The van der Waals surface area contributed by atoms with Gasteiger partial charge in [-0.3, -0.25) is 9.59 Å². The normalized spacial score (nSPS) is 30.2. The minimum atomic E-state index is -1.93. The molecule has 2 aromatic rings. The minimum Gasteiger partial charge on any atom is -0.571 e. The zero-order chi connectivity index (χ0) is 43.4. The molecule has 21 heteroatoms. The van der Waals surface area contributed by atoms with E-state index in [2.05, 4.69) is 4.74 Å². The molecular weight excluding hydrogens is 804 g/mol. The molecule has 0 bridgehead atoms. The smallest absolute Gasteiger partial charge is 0.330 e. The Bertz CT molecular complexity index is 2090. The number of carboxylic acid groups (broad SMARTS) is 1. The van der Waals surface area contributed by atoms with Crippen LogP contribution in [0.2, 0.25) is 0 Å². The van der Waals surface area contributed by atoms with Gasteiger partial charge in [-0.05, 0) is 48.0 Å². The van der Waals surface area contributed by atoms with Gasteiger partial charge in [0.1, 0.15) is 85.7 Å². The highest BCUT2D eigenvalue weighted by Crippen LogP contribution is 2.39. The molecular formula is C39H41O21+. The van der Waals surface area contributed by atoms with Crippen LogP contribution in [0.1, 0.15) is 17.5 Å². The Hall–Kier alpha value is -6.17. The Kier molecular flexibility index (Phi) is 13.3. The third-order valence-corrected chi connectivity index (χ3v) is 9.47. The van der Waals surface area contributed by atoms with Crippen molar-refractivity contribution in [2.24, 2.45) is 0 Å². The number of carbonyl (C=O) groups excluding carboxylic acids is 2. The number of carbonyl (C=O) groups is 3. The van der Waals surface area contributed by atoms with Crippen molar-refractivity contribution in [3.63, 3.8) is 0 Å². The molecule has 21 nitrogen and oxygen atoms in total. The number of phenolic OH excluding ortho intramolecular Hbond substituents is 3. The van der Waals surface area contributed by atoms with Crippen molar-refractivity contribution in [1.82, 2.24) is 0 Å². The summed E-state index contributed by atoms with van der Waals surface area (Å²) in [7, 11) is 0. The molecule has 4 aliphatic rings. The average Bonchev–Trinajstić information content (AvgIpc) is 3.20. The molecule has 12 N–H and O–H groups in total. The molecule has 0 spiro atoms. The lowest BCUT2D eigenvalue weighted by atomic mass is 9.96. The third kappa shape index (κ3) is 9.98. The summed E-state index contributed by atoms with van der Waals surface area (Å²) in [6.07, 6.45) is -13.9. The summed E-state index contributed by atoms with van der Waals surface area (Å²) in [5, 5.41) is 113. The largest absolute Gasteiger partial charge is 0.571 e. The summed E-state index contributed by atoms with van der Waals surface area (Å²) in [6.45, 7) is -1.40. The van der Waals surface area contributed by atoms with Gasteiger partial charge in [0.05, 0.1) is 17.2 Å². The number of ether oxygens (including phenoxy) is 7. The van der Waals surface area contributed by atoms with Crippen molar-refractivity contribution in [3.8, 4) is 17.2 Å². The van der Waals surface area contributed by atoms with E-state index >= 15 is 0 Å². The van der Waals surface area contributed by atoms with E-state index in [1.165, 1.54) is 60.7 Å². The zero-order valence-corrected chi connectivity index (χ0v) is 30.9. The Balaban J connectivity index is 1.24. The molecule has 0 aromatic heterocycles. The van der Waals surface area contributed by atoms with Crippen LogP contribution in [0.15, 0.2) is 89.6 Å². The second-order valence-corrected chi connectivity index (χ2v) is 13.8. The molecule has 6 rings (SSSR count). The van der Waals surface area contributed by atoms with Gasteiger partial charge >= 0.3 is 23.7 Å². The maximum Gasteiger partial charge on any atom is 0.330 e. The second kappa shape index (κ2) is 18.4. The molecule has 60 heavy (non-hydrogen) atoms. The number of aliphatic carboxylic acids is 1. The van der Waals surface area contributed by atoms with E-state index in [-0.39, 0.29) is 40.1 Å². The van der Waals surface area contributed by atoms with Gasteiger partial charge in [-0.15, -0.1) is 0 Å². The molecule has 0 radical (unpaired) electrons. The van der Waals surface area contributed by atoms with Gasteiger partial charge in [-0.25, -0.2) is 4.79 Å². The number of rotatable bonds is 13. The highest BCUT2D eigenvalue weighted by Gasteiger charge is 2.49. The van der Waals surface area contributed by atoms with E-state index in [4.69, 9.17) is 33.5 Å². The number of aliphatic hydroxyl groups excluding tert-OH is 7. The van der Waals surface area contributed by atoms with Crippen LogP contribution in [-0.2, 0) is 42.8 Å². The Morgan fingerprint density at radius 2 is 1.33 bits per heavy atom. The molecule has 3 heterocycles. The lowest BCUT2D eigenvalue weighted by Gasteiger charge is -2.41. The summed E-state index contributed by atoms with van der Waals surface area (Å²) in [4.78, 5) is 35.2. The summed E-state index contributed by atoms with van der Waals surface area (Å²) >= 11 is 0. The number of hydrogen-bond acceptors (Lipinski definition) is 19. The summed E-state index contributed by atoms with van der Waals surface area (Å²) in [5.41, 5.74) is 0.773. The maximum atomic E-state index is 12.5. The topological polar surface area (TPSA) is 342 Å². The Morgan fingerprint density at radius 3 is 1.95 bits per heavy atom. The predicted molar refractivity (Wildman–Crippen MR) is 196 cm³/mol. The number of allylic oxidation sites excluding steroid dienone is 2. The zero-order valence-electron chi connectivity index (χ0n) is 30.9. The van der Waals surface area contributed by atoms with E-state index < -0.39 is 111 Å². The number of carboxylic acids is 1. The van der Waals surface area contributed by atoms with Gasteiger partial charge in [0.25, 0.3) is 0 Å². The maximum absolute atomic E-state index is 12.5. The highest BCUT2D eigenvalue weighted by molar-refractivity contribution is 5.90. The number of esters is 2. The Morgan fingerprint density at radius 1 is 0.717 bits per heavy atom. The molecule has 0 saturated carbocycles. The number of aromatic hydroxyl groups is 3. The van der Waals surface area contributed by atoms with Crippen LogP contribution < -0.4 is 0 Å². The molecule has 11 atom stereocenters. The monoisotopic (exact) mass is 845 g/mol. The van der Waals surface area contributed by atoms with Crippen LogP contribution in [-0.4, -0.2) is 160 Å². The first-order valence-corrected chi connectivity index (χ1v) is 18.0. The first-order chi connectivity index (χ1) is 28.5. The third-order valence-electron chi connectivity index (χ3n) is 9.47. The second-order valence-electron chi connectivity index (χ2n) is 13.8. The van der Waals surface area contributed by atoms with Crippen LogP contribution in [0.5, 0.6) is 17.2 Å². The lowest BCUT2D eigenvalue weighted by molar-refractivity contribution is -0.292. The predicted octanol–water partition coefficient (Wildman–Crippen LogP) is -1.43. The van der Waals surface area contributed by atoms with Crippen molar-refractivity contribution >= 4 is 29.7 Å². The lowest BCUT2D eigenvalue weighted by Crippen LogP contribution is -2.59. The fourth-order valence-corrected chi connectivity index (χ4v) is 6.29. The fraction of sp³-hybridized carbons (Fsp3) is 0.359. The molecule has 322 valence electrons. The fourth-order valence-electron chi connectivity index (χ4n) is 6.29. The molecule has 1 aliphatic carbocycles. The number of hydrogen-bond donors (Lipinski definition) is 11. The van der Waals surface area contributed by atoms with Crippen molar-refractivity contribution in [3.05, 3.63) is 101 Å². The van der Waals surface area contributed by atoms with E-state index in [9.17, 15) is 65.4 Å². The average molecular weight is 846 g/mol. The highest BCUT2D eigenvalue weighted by atomic mass is 16.7. The van der Waals surface area contributed by atoms with Gasteiger partial charge in [0.2, 0.25) is 24.4 Å². The summed E-state index contributed by atoms with van der Waals surface area (Å²) < 4.78 is 38.0. The quantitative estimate of drug-likeness (QED) is 0.0362. The van der Waals surface area contributed by atoms with Gasteiger partial charge < -0.3 is 89.3 Å². The molecule has 2 aromatic carbocycles. The van der Waals surface area contributed by atoms with Crippen molar-refractivity contribution in [2.75, 3.05) is 13.2 Å². The SMILES string of the molecule is O=C(O)CC(=O)OC[C@H]1O[C@@H](OC2=CC(O)=CC3[OH+]C(c4ccc(O)cc4)=C(O[C@@H]4O[C@H](COC(=O)/C=C/c5ccc(O)c(O)c5)[C@@H](O)[C@H](O)[C@H]4O)C=C23)[C@H](O)[C@@H](O)[C@@H]1O. The van der Waals surface area contributed by atoms with E-state index in [1.54, 1.807) is 0 Å². The van der Waals surface area contributed by atoms with E-state index in [1.807, 2.05) is 0 Å². The first kappa shape index (κ1) is 43.4. The first-order valence-electron chi connectivity index (χ1n) is 18.0. The molecule has 2 saturated heterocycles. The van der Waals surface area contributed by atoms with E-state index in [0.717, 1.165) is 12.2 Å². The van der Waals surface area contributed by atoms with Gasteiger partial charge in [-0.2, -0.15) is 0 Å². The number of aliphatic hydroxyl groups is 9. The van der Waals surface area contributed by atoms with Gasteiger partial charge in [-0.1, -0.05) is 6.07 Å². The molecule has 2 fully saturated rings. The standard InChI is InChI=1S/C39H40O21/c40-18-5-3-17(4-6-18)37-25(58-39-36(53)34(51)31(48)26(60-39)14-54-29(46)8-2-16-1-7-21(42)22(43)9-16)12-20-23(56-37)10-19(41)11-24(20)57-38-35(52)33(50)32(49)27(59-38)15-55-30(47)13-28(44)45/h1-12,23,26-27,31-36,38-43,48-53H,13-15H2,(H,44,45)/p+1/b8-2+/t23?,26-,27-,31-,32-,33+,34+,35-,36-,38-,39-/m1/s1. The van der Waals surface area contributed by atoms with Crippen LogP contribution in [0, 0.1) is 0 Å². The minimum absolute atomic E-state index is 0.0505. The van der Waals surface area contributed by atoms with Crippen molar-refractivity contribution in [1.29, 1.82) is 0 Å². The van der Waals surface area contributed by atoms with Crippen LogP contribution in [0.4, 0.5) is 0 Å². The van der Waals surface area contributed by atoms with Crippen molar-refractivity contribution in [2.45, 2.75) is 73.9 Å².